The van der Waals surface area contributed by atoms with Crippen LogP contribution in [-0.4, -0.2) is 56.6 Å². The predicted octanol–water partition coefficient (Wildman–Crippen LogP) is 7.80. The Labute approximate surface area is 295 Å². The van der Waals surface area contributed by atoms with Crippen molar-refractivity contribution in [3.8, 4) is 11.5 Å². The molecule has 1 aliphatic heterocycles. The SMILES string of the molecule is COc1ccc(CO[C@@H]2[C@@H](OCc3ccccc3)[C@H](OCc3ccccc3)[C@H]3OC4(CCCCC4)O[C@H]3[C@H]2OCc2ccc(OC)cc2)cc1. The standard InChI is InChI=1S/C42H48O8/c1-43-34-20-16-32(17-21-34)28-46-37-36(45-26-30-12-6-3-7-13-30)38(47-27-31-14-8-4-9-15-31)40-41(50-42(49-40)24-10-5-11-25-42)39(37)48-29-33-18-22-35(44-2)23-19-33/h3-4,6-9,12-23,36-41H,5,10-11,24-29H2,1-2H3/t36-,37-,38+,39+,40-,41+/m1/s1. The number of rotatable bonds is 14. The van der Waals surface area contributed by atoms with Gasteiger partial charge in [0.15, 0.2) is 5.79 Å². The number of fused-ring (bicyclic) bond motifs is 1. The van der Waals surface area contributed by atoms with Gasteiger partial charge < -0.3 is 37.9 Å². The van der Waals surface area contributed by atoms with Gasteiger partial charge in [0.1, 0.15) is 48.1 Å². The van der Waals surface area contributed by atoms with E-state index < -0.39 is 42.4 Å². The van der Waals surface area contributed by atoms with Crippen molar-refractivity contribution < 1.29 is 37.9 Å². The molecule has 1 heterocycles. The molecule has 0 amide bonds. The minimum Gasteiger partial charge on any atom is -0.497 e. The van der Waals surface area contributed by atoms with Crippen LogP contribution in [0.25, 0.3) is 0 Å². The van der Waals surface area contributed by atoms with Crippen molar-refractivity contribution >= 4 is 0 Å². The maximum atomic E-state index is 7.04. The van der Waals surface area contributed by atoms with Gasteiger partial charge in [-0.25, -0.2) is 0 Å². The minimum atomic E-state index is -0.682. The summed E-state index contributed by atoms with van der Waals surface area (Å²) in [5.74, 6) is 0.910. The maximum Gasteiger partial charge on any atom is 0.169 e. The molecule has 3 aliphatic rings. The lowest BCUT2D eigenvalue weighted by Crippen LogP contribution is -2.65. The van der Waals surface area contributed by atoms with E-state index in [9.17, 15) is 0 Å². The van der Waals surface area contributed by atoms with Crippen molar-refractivity contribution in [2.75, 3.05) is 14.2 Å². The lowest BCUT2D eigenvalue weighted by Gasteiger charge is -2.46. The molecule has 264 valence electrons. The molecule has 7 rings (SSSR count). The second-order valence-electron chi connectivity index (χ2n) is 13.4. The van der Waals surface area contributed by atoms with Gasteiger partial charge in [0.2, 0.25) is 0 Å². The lowest BCUT2D eigenvalue weighted by atomic mass is 9.84. The summed E-state index contributed by atoms with van der Waals surface area (Å²) in [4.78, 5) is 0. The summed E-state index contributed by atoms with van der Waals surface area (Å²) in [5, 5.41) is 0. The highest BCUT2D eigenvalue weighted by Gasteiger charge is 2.62. The molecular weight excluding hydrogens is 632 g/mol. The molecule has 0 N–H and O–H groups in total. The van der Waals surface area contributed by atoms with Gasteiger partial charge in [-0.3, -0.25) is 0 Å². The Hall–Kier alpha value is -3.76. The zero-order valence-electron chi connectivity index (χ0n) is 29.0. The van der Waals surface area contributed by atoms with Gasteiger partial charge in [-0.05, 0) is 59.4 Å². The third kappa shape index (κ3) is 8.23. The van der Waals surface area contributed by atoms with Gasteiger partial charge >= 0.3 is 0 Å². The molecule has 8 heteroatoms. The van der Waals surface area contributed by atoms with E-state index in [4.69, 9.17) is 37.9 Å². The molecule has 0 bridgehead atoms. The number of hydrogen-bond donors (Lipinski definition) is 0. The predicted molar refractivity (Wildman–Crippen MR) is 189 cm³/mol. The van der Waals surface area contributed by atoms with Crippen molar-refractivity contribution in [1.29, 1.82) is 0 Å². The number of ether oxygens (including phenoxy) is 8. The van der Waals surface area contributed by atoms with Gasteiger partial charge in [0.05, 0.1) is 40.6 Å². The Balaban J connectivity index is 1.24. The fraction of sp³-hybridized carbons (Fsp3) is 0.429. The second kappa shape index (κ2) is 16.5. The van der Waals surface area contributed by atoms with Crippen LogP contribution in [0, 0.1) is 0 Å². The number of methoxy groups -OCH3 is 2. The summed E-state index contributed by atoms with van der Waals surface area (Å²) >= 11 is 0. The van der Waals surface area contributed by atoms with E-state index in [1.165, 1.54) is 6.42 Å². The second-order valence-corrected chi connectivity index (χ2v) is 13.4. The van der Waals surface area contributed by atoms with Gasteiger partial charge in [0.25, 0.3) is 0 Å². The van der Waals surface area contributed by atoms with Gasteiger partial charge in [-0.15, -0.1) is 0 Å². The van der Waals surface area contributed by atoms with Crippen LogP contribution < -0.4 is 9.47 Å². The molecule has 2 aliphatic carbocycles. The van der Waals surface area contributed by atoms with E-state index in [0.29, 0.717) is 26.4 Å². The Morgan fingerprint density at radius 1 is 0.460 bits per heavy atom. The van der Waals surface area contributed by atoms with Crippen LogP contribution in [0.2, 0.25) is 0 Å². The molecule has 0 aromatic heterocycles. The summed E-state index contributed by atoms with van der Waals surface area (Å²) in [6, 6.07) is 36.3. The molecule has 8 nitrogen and oxygen atoms in total. The quantitative estimate of drug-likeness (QED) is 0.134. The Morgan fingerprint density at radius 3 is 1.20 bits per heavy atom. The van der Waals surface area contributed by atoms with Crippen molar-refractivity contribution in [2.45, 2.75) is 101 Å². The van der Waals surface area contributed by atoms with Crippen LogP contribution >= 0.6 is 0 Å². The molecule has 1 spiro atoms. The first-order valence-electron chi connectivity index (χ1n) is 17.8. The molecule has 0 unspecified atom stereocenters. The first-order valence-corrected chi connectivity index (χ1v) is 17.8. The van der Waals surface area contributed by atoms with Crippen molar-refractivity contribution in [1.82, 2.24) is 0 Å². The summed E-state index contributed by atoms with van der Waals surface area (Å²) < 4.78 is 52.5. The highest BCUT2D eigenvalue weighted by molar-refractivity contribution is 5.28. The largest absolute Gasteiger partial charge is 0.497 e. The summed E-state index contributed by atoms with van der Waals surface area (Å²) in [6.07, 6.45) is 2.06. The number of hydrogen-bond acceptors (Lipinski definition) is 8. The molecule has 50 heavy (non-hydrogen) atoms. The van der Waals surface area contributed by atoms with Crippen molar-refractivity contribution in [3.63, 3.8) is 0 Å². The summed E-state index contributed by atoms with van der Waals surface area (Å²) in [7, 11) is 3.34. The fourth-order valence-corrected chi connectivity index (χ4v) is 7.36. The first kappa shape index (κ1) is 34.7. The van der Waals surface area contributed by atoms with Crippen LogP contribution in [0.15, 0.2) is 109 Å². The smallest absolute Gasteiger partial charge is 0.169 e. The molecule has 6 atom stereocenters. The summed E-state index contributed by atoms with van der Waals surface area (Å²) in [5.41, 5.74) is 4.17. The van der Waals surface area contributed by atoms with E-state index in [0.717, 1.165) is 59.4 Å². The van der Waals surface area contributed by atoms with Crippen molar-refractivity contribution in [3.05, 3.63) is 131 Å². The molecule has 4 aromatic rings. The molecule has 1 saturated heterocycles. The highest BCUT2D eigenvalue weighted by Crippen LogP contribution is 2.47. The Kier molecular flexibility index (Phi) is 11.4. The average molecular weight is 681 g/mol. The van der Waals surface area contributed by atoms with E-state index >= 15 is 0 Å². The Morgan fingerprint density at radius 2 is 0.820 bits per heavy atom. The maximum absolute atomic E-state index is 7.04. The van der Waals surface area contributed by atoms with Gasteiger partial charge in [-0.1, -0.05) is 91.3 Å². The highest BCUT2D eigenvalue weighted by atomic mass is 16.8. The average Bonchev–Trinajstić information content (AvgIpc) is 3.54. The zero-order valence-corrected chi connectivity index (χ0v) is 29.0. The summed E-state index contributed by atoms with van der Waals surface area (Å²) in [6.45, 7) is 1.49. The number of benzene rings is 4. The molecule has 0 radical (unpaired) electrons. The van der Waals surface area contributed by atoms with Crippen LogP contribution in [0.5, 0.6) is 11.5 Å². The molecular formula is C42H48O8. The van der Waals surface area contributed by atoms with Crippen LogP contribution in [-0.2, 0) is 54.8 Å². The van der Waals surface area contributed by atoms with Crippen LogP contribution in [0.3, 0.4) is 0 Å². The zero-order chi connectivity index (χ0) is 34.2. The molecule has 4 aromatic carbocycles. The van der Waals surface area contributed by atoms with E-state index in [1.54, 1.807) is 14.2 Å². The van der Waals surface area contributed by atoms with Crippen LogP contribution in [0.4, 0.5) is 0 Å². The third-order valence-corrected chi connectivity index (χ3v) is 10.0. The monoisotopic (exact) mass is 680 g/mol. The third-order valence-electron chi connectivity index (χ3n) is 10.0. The topological polar surface area (TPSA) is 73.8 Å². The lowest BCUT2D eigenvalue weighted by molar-refractivity contribution is -0.252. The normalized spacial score (nSPS) is 25.6. The van der Waals surface area contributed by atoms with E-state index in [-0.39, 0.29) is 0 Å². The van der Waals surface area contributed by atoms with Gasteiger partial charge in [0, 0.05) is 12.8 Å². The molecule has 2 saturated carbocycles. The Bertz CT molecular complexity index is 1590. The van der Waals surface area contributed by atoms with Crippen molar-refractivity contribution in [2.24, 2.45) is 0 Å². The minimum absolute atomic E-state index is 0.344. The van der Waals surface area contributed by atoms with E-state index in [1.807, 2.05) is 84.9 Å². The van der Waals surface area contributed by atoms with Crippen LogP contribution in [0.1, 0.15) is 54.4 Å². The fourth-order valence-electron chi connectivity index (χ4n) is 7.36. The van der Waals surface area contributed by atoms with Gasteiger partial charge in [-0.2, -0.15) is 0 Å². The molecule has 3 fully saturated rings. The van der Waals surface area contributed by atoms with E-state index in [2.05, 4.69) is 24.3 Å². The first-order chi connectivity index (χ1) is 24.6.